The molecule has 4 rings (SSSR count). The van der Waals surface area contributed by atoms with E-state index in [-0.39, 0.29) is 5.91 Å². The monoisotopic (exact) mass is 450 g/mol. The van der Waals surface area contributed by atoms with Crippen LogP contribution < -0.4 is 4.74 Å². The lowest BCUT2D eigenvalue weighted by atomic mass is 10.1. The topological polar surface area (TPSA) is 32.8 Å². The van der Waals surface area contributed by atoms with Crippen molar-refractivity contribution in [1.29, 1.82) is 0 Å². The number of halogens is 2. The Morgan fingerprint density at radius 3 is 2.18 bits per heavy atom. The predicted molar refractivity (Wildman–Crippen MR) is 124 cm³/mol. The fourth-order valence-corrected chi connectivity index (χ4v) is 4.13. The number of piperazine rings is 1. The summed E-state index contributed by atoms with van der Waals surface area (Å²) < 4.78 is 33.4. The molecular weight excluding hydrogens is 422 g/mol. The first kappa shape index (κ1) is 22.9. The first-order valence-corrected chi connectivity index (χ1v) is 11.1. The molecule has 1 fully saturated rings. The number of hydrogen-bond acceptors (Lipinski definition) is 3. The quantitative estimate of drug-likeness (QED) is 0.523. The van der Waals surface area contributed by atoms with E-state index in [1.165, 1.54) is 6.07 Å². The Morgan fingerprint density at radius 2 is 1.52 bits per heavy atom. The van der Waals surface area contributed by atoms with Gasteiger partial charge in [0.15, 0.2) is 11.6 Å². The van der Waals surface area contributed by atoms with Gasteiger partial charge < -0.3 is 9.64 Å². The minimum absolute atomic E-state index is 0.0196. The second kappa shape index (κ2) is 10.1. The minimum Gasteiger partial charge on any atom is -0.488 e. The number of para-hydroxylation sites is 1. The van der Waals surface area contributed by atoms with E-state index in [2.05, 4.69) is 0 Å². The Bertz CT molecular complexity index is 1100. The van der Waals surface area contributed by atoms with Gasteiger partial charge in [0.05, 0.1) is 0 Å². The molecule has 1 aliphatic heterocycles. The lowest BCUT2D eigenvalue weighted by Crippen LogP contribution is -2.48. The summed E-state index contributed by atoms with van der Waals surface area (Å²) in [6, 6.07) is 17.8. The first-order chi connectivity index (χ1) is 15.9. The highest BCUT2D eigenvalue weighted by molar-refractivity contribution is 5.94. The maximum atomic E-state index is 13.9. The van der Waals surface area contributed by atoms with Crippen molar-refractivity contribution in [2.75, 3.05) is 26.2 Å². The number of benzene rings is 3. The van der Waals surface area contributed by atoms with Crippen molar-refractivity contribution in [2.45, 2.75) is 27.0 Å². The second-order valence-corrected chi connectivity index (χ2v) is 8.49. The molecule has 4 nitrogen and oxygen atoms in total. The SMILES string of the molecule is Cc1cccc(C)c1OCc1ccc(C(=O)N2CCN(Cc3cccc(F)c3F)CC2)cc1. The molecule has 0 aromatic heterocycles. The smallest absolute Gasteiger partial charge is 0.253 e. The maximum Gasteiger partial charge on any atom is 0.253 e. The third-order valence-electron chi connectivity index (χ3n) is 6.08. The number of hydrogen-bond donors (Lipinski definition) is 0. The van der Waals surface area contributed by atoms with E-state index in [4.69, 9.17) is 4.74 Å². The normalized spacial score (nSPS) is 14.4. The van der Waals surface area contributed by atoms with Crippen molar-refractivity contribution < 1.29 is 18.3 Å². The number of carbonyl (C=O) groups is 1. The molecule has 1 heterocycles. The number of rotatable bonds is 6. The van der Waals surface area contributed by atoms with Crippen LogP contribution in [0, 0.1) is 25.5 Å². The molecule has 3 aromatic carbocycles. The lowest BCUT2D eigenvalue weighted by molar-refractivity contribution is 0.0627. The van der Waals surface area contributed by atoms with E-state index in [1.54, 1.807) is 11.0 Å². The molecule has 0 bridgehead atoms. The molecule has 0 saturated carbocycles. The van der Waals surface area contributed by atoms with Crippen LogP contribution in [-0.2, 0) is 13.2 Å². The molecule has 0 aliphatic carbocycles. The average molecular weight is 451 g/mol. The fraction of sp³-hybridized carbons (Fsp3) is 0.296. The third kappa shape index (κ3) is 5.40. The van der Waals surface area contributed by atoms with Gasteiger partial charge in [-0.25, -0.2) is 8.78 Å². The zero-order valence-electron chi connectivity index (χ0n) is 19.0. The van der Waals surface area contributed by atoms with Crippen molar-refractivity contribution in [3.8, 4) is 5.75 Å². The van der Waals surface area contributed by atoms with Gasteiger partial charge in [0, 0.05) is 43.9 Å². The highest BCUT2D eigenvalue weighted by Gasteiger charge is 2.23. The van der Waals surface area contributed by atoms with E-state index in [0.717, 1.165) is 28.5 Å². The highest BCUT2D eigenvalue weighted by atomic mass is 19.2. The van der Waals surface area contributed by atoms with Gasteiger partial charge in [-0.05, 0) is 48.7 Å². The molecule has 0 spiro atoms. The van der Waals surface area contributed by atoms with Crippen molar-refractivity contribution in [3.05, 3.63) is 100 Å². The summed E-state index contributed by atoms with van der Waals surface area (Å²) in [5.41, 5.74) is 4.17. The summed E-state index contributed by atoms with van der Waals surface area (Å²) in [6.07, 6.45) is 0. The number of amides is 1. The van der Waals surface area contributed by atoms with E-state index in [1.807, 2.05) is 61.2 Å². The van der Waals surface area contributed by atoms with Crippen LogP contribution in [0.3, 0.4) is 0 Å². The molecule has 1 saturated heterocycles. The fourth-order valence-electron chi connectivity index (χ4n) is 4.13. The number of nitrogens with zero attached hydrogens (tertiary/aromatic N) is 2. The van der Waals surface area contributed by atoms with Gasteiger partial charge in [0.25, 0.3) is 5.91 Å². The zero-order valence-corrected chi connectivity index (χ0v) is 19.0. The van der Waals surface area contributed by atoms with Gasteiger partial charge >= 0.3 is 0 Å². The van der Waals surface area contributed by atoms with Crippen LogP contribution in [0.25, 0.3) is 0 Å². The molecule has 1 amide bonds. The van der Waals surface area contributed by atoms with E-state index in [9.17, 15) is 13.6 Å². The second-order valence-electron chi connectivity index (χ2n) is 8.49. The molecule has 172 valence electrons. The van der Waals surface area contributed by atoms with Crippen LogP contribution in [0.1, 0.15) is 32.6 Å². The maximum absolute atomic E-state index is 13.9. The zero-order chi connectivity index (χ0) is 23.4. The Hall–Kier alpha value is -3.25. The summed E-state index contributed by atoms with van der Waals surface area (Å²) in [5.74, 6) is -0.746. The molecule has 0 atom stereocenters. The largest absolute Gasteiger partial charge is 0.488 e. The summed E-state index contributed by atoms with van der Waals surface area (Å²) >= 11 is 0. The molecule has 3 aromatic rings. The molecule has 0 radical (unpaired) electrons. The molecule has 1 aliphatic rings. The predicted octanol–water partition coefficient (Wildman–Crippen LogP) is 5.12. The van der Waals surface area contributed by atoms with Crippen LogP contribution in [-0.4, -0.2) is 41.9 Å². The van der Waals surface area contributed by atoms with E-state index < -0.39 is 11.6 Å². The number of carbonyl (C=O) groups excluding carboxylic acids is 1. The van der Waals surface area contributed by atoms with Gasteiger partial charge in [-0.3, -0.25) is 9.69 Å². The van der Waals surface area contributed by atoms with E-state index in [0.29, 0.717) is 50.5 Å². The number of aryl methyl sites for hydroxylation is 2. The van der Waals surface area contributed by atoms with Gasteiger partial charge in [-0.2, -0.15) is 0 Å². The van der Waals surface area contributed by atoms with Crippen LogP contribution in [0.4, 0.5) is 8.78 Å². The Labute approximate surface area is 193 Å². The Kier molecular flexibility index (Phi) is 7.04. The summed E-state index contributed by atoms with van der Waals surface area (Å²) in [5, 5.41) is 0. The lowest BCUT2D eigenvalue weighted by Gasteiger charge is -2.34. The average Bonchev–Trinajstić information content (AvgIpc) is 2.82. The molecule has 0 N–H and O–H groups in total. The summed E-state index contributed by atoms with van der Waals surface area (Å²) in [6.45, 7) is 7.15. The van der Waals surface area contributed by atoms with Crippen LogP contribution in [0.2, 0.25) is 0 Å². The van der Waals surface area contributed by atoms with E-state index >= 15 is 0 Å². The van der Waals surface area contributed by atoms with Crippen molar-refractivity contribution in [3.63, 3.8) is 0 Å². The molecular formula is C27H28F2N2O2. The minimum atomic E-state index is -0.829. The summed E-state index contributed by atoms with van der Waals surface area (Å²) in [4.78, 5) is 16.8. The molecule has 6 heteroatoms. The van der Waals surface area contributed by atoms with Crippen molar-refractivity contribution in [2.24, 2.45) is 0 Å². The van der Waals surface area contributed by atoms with Crippen molar-refractivity contribution in [1.82, 2.24) is 9.80 Å². The number of ether oxygens (including phenoxy) is 1. The third-order valence-corrected chi connectivity index (χ3v) is 6.08. The first-order valence-electron chi connectivity index (χ1n) is 11.1. The Balaban J connectivity index is 1.30. The van der Waals surface area contributed by atoms with Crippen LogP contribution in [0.5, 0.6) is 5.75 Å². The van der Waals surface area contributed by atoms with Gasteiger partial charge in [-0.1, -0.05) is 42.5 Å². The van der Waals surface area contributed by atoms with Gasteiger partial charge in [-0.15, -0.1) is 0 Å². The van der Waals surface area contributed by atoms with Crippen molar-refractivity contribution >= 4 is 5.91 Å². The molecule has 33 heavy (non-hydrogen) atoms. The highest BCUT2D eigenvalue weighted by Crippen LogP contribution is 2.23. The van der Waals surface area contributed by atoms with Gasteiger partial charge in [0.1, 0.15) is 12.4 Å². The van der Waals surface area contributed by atoms with Crippen LogP contribution in [0.15, 0.2) is 60.7 Å². The molecule has 0 unspecified atom stereocenters. The van der Waals surface area contributed by atoms with Crippen LogP contribution >= 0.6 is 0 Å². The summed E-state index contributed by atoms with van der Waals surface area (Å²) in [7, 11) is 0. The standard InChI is InChI=1S/C27H28F2N2O2/c1-19-5-3-6-20(2)26(19)33-18-21-9-11-22(12-10-21)27(32)31-15-13-30(14-16-31)17-23-7-4-8-24(28)25(23)29/h3-12H,13-18H2,1-2H3. The van der Waals surface area contributed by atoms with Gasteiger partial charge in [0.2, 0.25) is 0 Å². The Morgan fingerprint density at radius 1 is 0.879 bits per heavy atom.